The highest BCUT2D eigenvalue weighted by Crippen LogP contribution is 2.28. The van der Waals surface area contributed by atoms with Crippen molar-refractivity contribution in [2.45, 2.75) is 19.8 Å². The standard InChI is InChI=1S/C12H12Cl2N2O2/c1-3-18-12(17)6(2)11-15-9-4-7(13)8(14)5-10(9)16-11/h4-6H,3H2,1-2H3,(H,15,16). The highest BCUT2D eigenvalue weighted by molar-refractivity contribution is 6.42. The minimum atomic E-state index is -0.449. The Hall–Kier alpha value is -1.26. The van der Waals surface area contributed by atoms with Crippen molar-refractivity contribution >= 4 is 40.2 Å². The summed E-state index contributed by atoms with van der Waals surface area (Å²) in [6.07, 6.45) is 0. The Morgan fingerprint density at radius 3 is 2.78 bits per heavy atom. The zero-order valence-electron chi connectivity index (χ0n) is 9.96. The van der Waals surface area contributed by atoms with Crippen LogP contribution in [0, 0.1) is 0 Å². The average molecular weight is 287 g/mol. The Morgan fingerprint density at radius 2 is 2.11 bits per heavy atom. The molecular weight excluding hydrogens is 275 g/mol. The van der Waals surface area contributed by atoms with Crippen molar-refractivity contribution in [2.24, 2.45) is 0 Å². The number of H-pyrrole nitrogens is 1. The lowest BCUT2D eigenvalue weighted by Gasteiger charge is -2.06. The van der Waals surface area contributed by atoms with Crippen LogP contribution in [0.1, 0.15) is 25.6 Å². The fraction of sp³-hybridized carbons (Fsp3) is 0.333. The van der Waals surface area contributed by atoms with E-state index in [9.17, 15) is 4.79 Å². The van der Waals surface area contributed by atoms with Gasteiger partial charge in [-0.1, -0.05) is 23.2 Å². The van der Waals surface area contributed by atoms with Gasteiger partial charge in [0.2, 0.25) is 0 Å². The Morgan fingerprint density at radius 1 is 1.44 bits per heavy atom. The number of aromatic nitrogens is 2. The number of nitrogens with zero attached hydrogens (tertiary/aromatic N) is 1. The van der Waals surface area contributed by atoms with Gasteiger partial charge in [0.15, 0.2) is 0 Å². The molecule has 0 spiro atoms. The topological polar surface area (TPSA) is 55.0 Å². The fourth-order valence-corrected chi connectivity index (χ4v) is 1.93. The number of esters is 1. The SMILES string of the molecule is CCOC(=O)C(C)c1nc2cc(Cl)c(Cl)cc2[nH]1. The molecule has 96 valence electrons. The number of carbonyl (C=O) groups excluding carboxylic acids is 1. The molecule has 0 bridgehead atoms. The number of benzene rings is 1. The van der Waals surface area contributed by atoms with Gasteiger partial charge < -0.3 is 9.72 Å². The number of hydrogen-bond acceptors (Lipinski definition) is 3. The summed E-state index contributed by atoms with van der Waals surface area (Å²) >= 11 is 11.8. The van der Waals surface area contributed by atoms with Crippen LogP contribution in [0.5, 0.6) is 0 Å². The summed E-state index contributed by atoms with van der Waals surface area (Å²) in [5.41, 5.74) is 1.42. The molecule has 0 saturated heterocycles. The van der Waals surface area contributed by atoms with Crippen LogP contribution in [0.3, 0.4) is 0 Å². The van der Waals surface area contributed by atoms with E-state index in [1.165, 1.54) is 0 Å². The van der Waals surface area contributed by atoms with E-state index in [1.807, 2.05) is 0 Å². The zero-order valence-corrected chi connectivity index (χ0v) is 11.5. The minimum absolute atomic E-state index is 0.311. The molecule has 1 heterocycles. The van der Waals surface area contributed by atoms with Crippen molar-refractivity contribution < 1.29 is 9.53 Å². The summed E-state index contributed by atoms with van der Waals surface area (Å²) in [6.45, 7) is 3.85. The highest BCUT2D eigenvalue weighted by Gasteiger charge is 2.20. The number of rotatable bonds is 3. The monoisotopic (exact) mass is 286 g/mol. The first kappa shape index (κ1) is 13.2. The second kappa shape index (κ2) is 5.16. The molecule has 2 rings (SSSR count). The summed E-state index contributed by atoms with van der Waals surface area (Å²) in [7, 11) is 0. The Kier molecular flexibility index (Phi) is 3.78. The molecular formula is C12H12Cl2N2O2. The highest BCUT2D eigenvalue weighted by atomic mass is 35.5. The van der Waals surface area contributed by atoms with Crippen LogP contribution in [0.25, 0.3) is 11.0 Å². The normalized spacial score (nSPS) is 12.7. The molecule has 4 nitrogen and oxygen atoms in total. The van der Waals surface area contributed by atoms with Crippen molar-refractivity contribution in [1.29, 1.82) is 0 Å². The van der Waals surface area contributed by atoms with Crippen LogP contribution >= 0.6 is 23.2 Å². The average Bonchev–Trinajstić information content (AvgIpc) is 2.72. The van der Waals surface area contributed by atoms with E-state index in [4.69, 9.17) is 27.9 Å². The smallest absolute Gasteiger partial charge is 0.316 e. The van der Waals surface area contributed by atoms with E-state index >= 15 is 0 Å². The second-order valence-electron chi connectivity index (χ2n) is 3.88. The number of fused-ring (bicyclic) bond motifs is 1. The van der Waals surface area contributed by atoms with Gasteiger partial charge in [0.25, 0.3) is 0 Å². The molecule has 1 N–H and O–H groups in total. The lowest BCUT2D eigenvalue weighted by atomic mass is 10.2. The number of ether oxygens (including phenoxy) is 1. The molecule has 6 heteroatoms. The predicted octanol–water partition coefficient (Wildman–Crippen LogP) is 3.54. The van der Waals surface area contributed by atoms with Crippen LogP contribution in [-0.2, 0) is 9.53 Å². The lowest BCUT2D eigenvalue weighted by Crippen LogP contribution is -2.14. The number of nitrogens with one attached hydrogen (secondary N) is 1. The first-order valence-corrected chi connectivity index (χ1v) is 6.29. The Labute approximate surface area is 114 Å². The first-order valence-electron chi connectivity index (χ1n) is 5.54. The molecule has 18 heavy (non-hydrogen) atoms. The van der Waals surface area contributed by atoms with Crippen molar-refractivity contribution in [3.05, 3.63) is 28.0 Å². The van der Waals surface area contributed by atoms with E-state index in [-0.39, 0.29) is 5.97 Å². The van der Waals surface area contributed by atoms with Gasteiger partial charge in [-0.25, -0.2) is 4.98 Å². The van der Waals surface area contributed by atoms with E-state index < -0.39 is 5.92 Å². The largest absolute Gasteiger partial charge is 0.465 e. The molecule has 0 amide bonds. The van der Waals surface area contributed by atoms with Gasteiger partial charge in [-0.2, -0.15) is 0 Å². The summed E-state index contributed by atoms with van der Waals surface area (Å²) in [4.78, 5) is 19.0. The Bertz CT molecular complexity index is 556. The number of imidazole rings is 1. The maximum Gasteiger partial charge on any atom is 0.316 e. The molecule has 0 aliphatic rings. The third kappa shape index (κ3) is 2.44. The predicted molar refractivity (Wildman–Crippen MR) is 71.2 cm³/mol. The van der Waals surface area contributed by atoms with Crippen molar-refractivity contribution in [2.75, 3.05) is 6.61 Å². The molecule has 2 aromatic rings. The van der Waals surface area contributed by atoms with Crippen LogP contribution < -0.4 is 0 Å². The van der Waals surface area contributed by atoms with Gasteiger partial charge in [-0.3, -0.25) is 4.79 Å². The maximum absolute atomic E-state index is 11.6. The molecule has 1 aromatic heterocycles. The van der Waals surface area contributed by atoms with Gasteiger partial charge >= 0.3 is 5.97 Å². The van der Waals surface area contributed by atoms with Crippen LogP contribution in [-0.4, -0.2) is 22.5 Å². The molecule has 0 aliphatic carbocycles. The third-order valence-electron chi connectivity index (χ3n) is 2.59. The van der Waals surface area contributed by atoms with Gasteiger partial charge in [-0.05, 0) is 26.0 Å². The first-order chi connectivity index (χ1) is 8.52. The molecule has 1 unspecified atom stereocenters. The van der Waals surface area contributed by atoms with E-state index in [2.05, 4.69) is 9.97 Å². The lowest BCUT2D eigenvalue weighted by molar-refractivity contribution is -0.144. The second-order valence-corrected chi connectivity index (χ2v) is 4.69. The van der Waals surface area contributed by atoms with E-state index in [0.29, 0.717) is 28.0 Å². The quantitative estimate of drug-likeness (QED) is 0.878. The van der Waals surface area contributed by atoms with Gasteiger partial charge in [0.05, 0.1) is 27.7 Å². The van der Waals surface area contributed by atoms with Gasteiger partial charge in [0.1, 0.15) is 11.7 Å². The van der Waals surface area contributed by atoms with Crippen LogP contribution in [0.4, 0.5) is 0 Å². The molecule has 0 radical (unpaired) electrons. The summed E-state index contributed by atoms with van der Waals surface area (Å²) in [5, 5.41) is 0.883. The summed E-state index contributed by atoms with van der Waals surface area (Å²) < 4.78 is 4.95. The van der Waals surface area contributed by atoms with Crippen LogP contribution in [0.2, 0.25) is 10.0 Å². The molecule has 0 saturated carbocycles. The number of hydrogen-bond donors (Lipinski definition) is 1. The van der Waals surface area contributed by atoms with E-state index in [0.717, 1.165) is 5.52 Å². The summed E-state index contributed by atoms with van der Waals surface area (Å²) in [6, 6.07) is 3.35. The van der Waals surface area contributed by atoms with Crippen molar-refractivity contribution in [3.63, 3.8) is 0 Å². The molecule has 1 aromatic carbocycles. The van der Waals surface area contributed by atoms with E-state index in [1.54, 1.807) is 26.0 Å². The van der Waals surface area contributed by atoms with Gasteiger partial charge in [0, 0.05) is 0 Å². The Balaban J connectivity index is 2.38. The molecule has 1 atom stereocenters. The number of carbonyl (C=O) groups is 1. The van der Waals surface area contributed by atoms with Crippen molar-refractivity contribution in [3.8, 4) is 0 Å². The van der Waals surface area contributed by atoms with Crippen molar-refractivity contribution in [1.82, 2.24) is 9.97 Å². The van der Waals surface area contributed by atoms with Crippen LogP contribution in [0.15, 0.2) is 12.1 Å². The third-order valence-corrected chi connectivity index (χ3v) is 3.31. The zero-order chi connectivity index (χ0) is 13.3. The molecule has 0 fully saturated rings. The fourth-order valence-electron chi connectivity index (χ4n) is 1.61. The number of aromatic amines is 1. The van der Waals surface area contributed by atoms with Gasteiger partial charge in [-0.15, -0.1) is 0 Å². The number of halogens is 2. The maximum atomic E-state index is 11.6. The molecule has 0 aliphatic heterocycles. The minimum Gasteiger partial charge on any atom is -0.465 e. The summed E-state index contributed by atoms with van der Waals surface area (Å²) in [5.74, 6) is -0.217.